The Bertz CT molecular complexity index is 1370. The van der Waals surface area contributed by atoms with E-state index >= 15 is 0 Å². The summed E-state index contributed by atoms with van der Waals surface area (Å²) in [5.74, 6) is 0.253. The fourth-order valence-electron chi connectivity index (χ4n) is 5.64. The number of rotatable bonds is 12. The normalized spacial score (nSPS) is 20.3. The number of nitrogens with one attached hydrogen (secondary N) is 1. The van der Waals surface area contributed by atoms with Gasteiger partial charge in [0.05, 0.1) is 33.4 Å². The molecule has 2 amide bonds. The first-order valence-corrected chi connectivity index (χ1v) is 16.0. The monoisotopic (exact) mass is 744 g/mol. The van der Waals surface area contributed by atoms with E-state index in [4.69, 9.17) is 32.7 Å². The highest BCUT2D eigenvalue weighted by molar-refractivity contribution is 14.1. The van der Waals surface area contributed by atoms with E-state index in [2.05, 4.69) is 5.32 Å². The number of aliphatic hydroxyl groups is 2. The van der Waals surface area contributed by atoms with Gasteiger partial charge in [-0.05, 0) is 77.3 Å². The summed E-state index contributed by atoms with van der Waals surface area (Å²) in [6, 6.07) is 7.45. The number of aldehydes is 1. The Kier molecular flexibility index (Phi) is 12.1. The Morgan fingerprint density at radius 1 is 1.16 bits per heavy atom. The number of hydrogen-bond acceptors (Lipinski definition) is 7. The maximum Gasteiger partial charge on any atom is 0.247 e. The van der Waals surface area contributed by atoms with Crippen molar-refractivity contribution < 1.29 is 34.1 Å². The standard InChI is InChI=1S/C31H35Cl2IN2O7/c1-42-27-12-20(17-38)11-24(34)30(27)43-26-15-21(31(41)35-8-9-37)14-25(29(26)40)36(28(39)13-18-4-2-3-5-18)16-19-6-7-22(32)23(33)10-19/h6-7,10-12,15,17-18,25-26,29,37,40H,2-5,8-9,13-14,16H2,1H3,(H,35,41). The van der Waals surface area contributed by atoms with E-state index < -0.39 is 24.2 Å². The number of carbonyl (C=O) groups excluding carboxylic acids is 3. The number of carbonyl (C=O) groups is 3. The largest absolute Gasteiger partial charge is 0.493 e. The van der Waals surface area contributed by atoms with Gasteiger partial charge in [0.15, 0.2) is 11.5 Å². The van der Waals surface area contributed by atoms with Crippen molar-refractivity contribution in [3.63, 3.8) is 0 Å². The zero-order valence-electron chi connectivity index (χ0n) is 23.7. The lowest BCUT2D eigenvalue weighted by molar-refractivity contribution is -0.140. The average molecular weight is 745 g/mol. The number of hydrogen-bond donors (Lipinski definition) is 3. The summed E-state index contributed by atoms with van der Waals surface area (Å²) in [6.45, 7) is -0.0640. The van der Waals surface area contributed by atoms with E-state index in [9.17, 15) is 24.6 Å². The van der Waals surface area contributed by atoms with Gasteiger partial charge in [0.1, 0.15) is 18.5 Å². The number of benzene rings is 2. The molecule has 43 heavy (non-hydrogen) atoms. The van der Waals surface area contributed by atoms with Crippen LogP contribution in [0.15, 0.2) is 42.0 Å². The molecule has 3 N–H and O–H groups in total. The Balaban J connectivity index is 1.73. The van der Waals surface area contributed by atoms with Crippen LogP contribution >= 0.6 is 45.8 Å². The molecule has 0 spiro atoms. The van der Waals surface area contributed by atoms with Crippen LogP contribution in [0.1, 0.15) is 54.4 Å². The molecule has 0 bridgehead atoms. The smallest absolute Gasteiger partial charge is 0.247 e. The van der Waals surface area contributed by atoms with Crippen LogP contribution in [-0.2, 0) is 16.1 Å². The Morgan fingerprint density at radius 2 is 1.91 bits per heavy atom. The van der Waals surface area contributed by atoms with Gasteiger partial charge in [-0.1, -0.05) is 42.1 Å². The molecule has 232 valence electrons. The highest BCUT2D eigenvalue weighted by Crippen LogP contribution is 2.38. The van der Waals surface area contributed by atoms with Crippen molar-refractivity contribution in [2.24, 2.45) is 5.92 Å². The molecule has 1 saturated carbocycles. The minimum Gasteiger partial charge on any atom is -0.493 e. The fraction of sp³-hybridized carbons (Fsp3) is 0.452. The third-order valence-corrected chi connectivity index (χ3v) is 9.39. The van der Waals surface area contributed by atoms with Crippen LogP contribution in [0, 0.1) is 9.49 Å². The van der Waals surface area contributed by atoms with Crippen LogP contribution < -0.4 is 14.8 Å². The minimum absolute atomic E-state index is 0.0431. The molecule has 2 aromatic carbocycles. The lowest BCUT2D eigenvalue weighted by Gasteiger charge is -2.41. The van der Waals surface area contributed by atoms with Crippen molar-refractivity contribution in [1.29, 1.82) is 0 Å². The van der Waals surface area contributed by atoms with Gasteiger partial charge in [0, 0.05) is 37.1 Å². The lowest BCUT2D eigenvalue weighted by atomic mass is 9.87. The summed E-state index contributed by atoms with van der Waals surface area (Å²) in [6.07, 6.45) is 4.44. The van der Waals surface area contributed by atoms with E-state index in [-0.39, 0.29) is 49.4 Å². The second-order valence-electron chi connectivity index (χ2n) is 10.8. The van der Waals surface area contributed by atoms with Gasteiger partial charge in [0.25, 0.3) is 0 Å². The van der Waals surface area contributed by atoms with Crippen LogP contribution in [0.3, 0.4) is 0 Å². The lowest BCUT2D eigenvalue weighted by Crippen LogP contribution is -2.55. The summed E-state index contributed by atoms with van der Waals surface area (Å²) in [4.78, 5) is 40.1. The third-order valence-electron chi connectivity index (χ3n) is 7.85. The highest BCUT2D eigenvalue weighted by Gasteiger charge is 2.41. The zero-order valence-corrected chi connectivity index (χ0v) is 27.4. The maximum absolute atomic E-state index is 13.9. The van der Waals surface area contributed by atoms with Gasteiger partial charge in [-0.25, -0.2) is 0 Å². The number of nitrogens with zero attached hydrogens (tertiary/aromatic N) is 1. The average Bonchev–Trinajstić information content (AvgIpc) is 3.51. The van der Waals surface area contributed by atoms with Gasteiger partial charge in [0.2, 0.25) is 11.8 Å². The molecule has 0 radical (unpaired) electrons. The van der Waals surface area contributed by atoms with Gasteiger partial charge in [-0.3, -0.25) is 14.4 Å². The van der Waals surface area contributed by atoms with Crippen molar-refractivity contribution in [3.05, 3.63) is 66.7 Å². The molecule has 0 saturated heterocycles. The second-order valence-corrected chi connectivity index (χ2v) is 12.8. The second kappa shape index (κ2) is 15.6. The number of ether oxygens (including phenoxy) is 2. The van der Waals surface area contributed by atoms with Crippen LogP contribution in [0.2, 0.25) is 10.0 Å². The Labute approximate surface area is 274 Å². The Morgan fingerprint density at radius 3 is 2.56 bits per heavy atom. The Hall–Kier alpha value is -2.38. The van der Waals surface area contributed by atoms with Crippen molar-refractivity contribution in [3.8, 4) is 11.5 Å². The predicted octanol–water partition coefficient (Wildman–Crippen LogP) is 4.94. The maximum atomic E-state index is 13.9. The molecular formula is C31H35Cl2IN2O7. The van der Waals surface area contributed by atoms with E-state index in [0.717, 1.165) is 31.2 Å². The quantitative estimate of drug-likeness (QED) is 0.208. The highest BCUT2D eigenvalue weighted by atomic mass is 127. The summed E-state index contributed by atoms with van der Waals surface area (Å²) in [5.41, 5.74) is 1.42. The van der Waals surface area contributed by atoms with Gasteiger partial charge in [-0.15, -0.1) is 0 Å². The SMILES string of the molecule is COc1cc(C=O)cc(I)c1OC1C=C(C(=O)NCCO)CC(N(Cc2ccc(Cl)c(Cl)c2)C(=O)CC2CCCC2)C1O. The zero-order chi connectivity index (χ0) is 31.1. The molecule has 4 rings (SSSR count). The number of halogens is 3. The first-order chi connectivity index (χ1) is 20.6. The van der Waals surface area contributed by atoms with Crippen LogP contribution in [0.25, 0.3) is 0 Å². The van der Waals surface area contributed by atoms with Crippen LogP contribution in [-0.4, -0.2) is 71.7 Å². The predicted molar refractivity (Wildman–Crippen MR) is 172 cm³/mol. The summed E-state index contributed by atoms with van der Waals surface area (Å²) < 4.78 is 12.3. The molecule has 2 aliphatic carbocycles. The van der Waals surface area contributed by atoms with E-state index in [0.29, 0.717) is 37.5 Å². The molecule has 12 heteroatoms. The summed E-state index contributed by atoms with van der Waals surface area (Å²) >= 11 is 14.5. The van der Waals surface area contributed by atoms with Crippen LogP contribution in [0.4, 0.5) is 0 Å². The first-order valence-electron chi connectivity index (χ1n) is 14.2. The molecule has 9 nitrogen and oxygen atoms in total. The number of methoxy groups -OCH3 is 1. The van der Waals surface area contributed by atoms with E-state index in [1.807, 2.05) is 22.6 Å². The molecule has 0 heterocycles. The van der Waals surface area contributed by atoms with Crippen molar-refractivity contribution in [1.82, 2.24) is 10.2 Å². The van der Waals surface area contributed by atoms with Crippen molar-refractivity contribution in [2.45, 2.75) is 63.3 Å². The van der Waals surface area contributed by atoms with Crippen LogP contribution in [0.5, 0.6) is 11.5 Å². The first kappa shape index (κ1) is 33.5. The van der Waals surface area contributed by atoms with Gasteiger partial charge >= 0.3 is 0 Å². The van der Waals surface area contributed by atoms with Crippen molar-refractivity contribution >= 4 is 63.9 Å². The molecular weight excluding hydrogens is 710 g/mol. The van der Waals surface area contributed by atoms with E-state index in [1.54, 1.807) is 29.2 Å². The summed E-state index contributed by atoms with van der Waals surface area (Å²) in [7, 11) is 1.44. The number of amides is 2. The molecule has 2 aromatic rings. The minimum atomic E-state index is -1.23. The topological polar surface area (TPSA) is 125 Å². The third kappa shape index (κ3) is 8.42. The van der Waals surface area contributed by atoms with E-state index in [1.165, 1.54) is 19.3 Å². The fourth-order valence-corrected chi connectivity index (χ4v) is 6.71. The molecule has 1 fully saturated rings. The van der Waals surface area contributed by atoms with Crippen molar-refractivity contribution in [2.75, 3.05) is 20.3 Å². The van der Waals surface area contributed by atoms with Gasteiger partial charge in [-0.2, -0.15) is 0 Å². The molecule has 0 aliphatic heterocycles. The molecule has 3 unspecified atom stereocenters. The molecule has 3 atom stereocenters. The molecule has 0 aromatic heterocycles. The number of aliphatic hydroxyl groups excluding tert-OH is 2. The summed E-state index contributed by atoms with van der Waals surface area (Å²) in [5, 5.41) is 24.5. The molecule has 2 aliphatic rings. The van der Waals surface area contributed by atoms with Gasteiger partial charge < -0.3 is 29.9 Å².